The highest BCUT2D eigenvalue weighted by molar-refractivity contribution is 7.17. The van der Waals surface area contributed by atoms with E-state index < -0.39 is 5.97 Å². The molecule has 0 saturated heterocycles. The van der Waals surface area contributed by atoms with Gasteiger partial charge >= 0.3 is 5.97 Å². The van der Waals surface area contributed by atoms with Crippen molar-refractivity contribution in [2.45, 2.75) is 40.0 Å². The summed E-state index contributed by atoms with van der Waals surface area (Å²) in [4.78, 5) is 26.6. The first-order valence-electron chi connectivity index (χ1n) is 10.00. The Balaban J connectivity index is 1.97. The molecule has 1 N–H and O–H groups in total. The van der Waals surface area contributed by atoms with Gasteiger partial charge < -0.3 is 10.1 Å². The molecule has 0 fully saturated rings. The number of anilines is 1. The molecule has 0 aliphatic carbocycles. The van der Waals surface area contributed by atoms with E-state index in [4.69, 9.17) is 4.74 Å². The van der Waals surface area contributed by atoms with Crippen molar-refractivity contribution in [1.29, 1.82) is 0 Å². The van der Waals surface area contributed by atoms with Crippen molar-refractivity contribution in [1.82, 2.24) is 0 Å². The van der Waals surface area contributed by atoms with Crippen LogP contribution in [-0.2, 0) is 10.2 Å². The van der Waals surface area contributed by atoms with Crippen LogP contribution in [0, 0.1) is 6.92 Å². The van der Waals surface area contributed by atoms with E-state index in [0.717, 1.165) is 21.6 Å². The lowest BCUT2D eigenvalue weighted by atomic mass is 9.87. The predicted octanol–water partition coefficient (Wildman–Crippen LogP) is 6.45. The first-order valence-corrected chi connectivity index (χ1v) is 10.8. The number of esters is 1. The number of amides is 1. The number of aryl methyl sites for hydroxylation is 1. The van der Waals surface area contributed by atoms with E-state index >= 15 is 0 Å². The number of carbonyl (C=O) groups excluding carboxylic acids is 2. The lowest BCUT2D eigenvalue weighted by molar-refractivity contribution is 0.0529. The van der Waals surface area contributed by atoms with E-state index in [1.165, 1.54) is 11.3 Å². The molecular formula is C25H27NO3S. The number of nitrogens with one attached hydrogen (secondary N) is 1. The minimum atomic E-state index is -0.431. The van der Waals surface area contributed by atoms with E-state index in [9.17, 15) is 9.59 Å². The minimum Gasteiger partial charge on any atom is -0.462 e. The summed E-state index contributed by atoms with van der Waals surface area (Å²) >= 11 is 1.39. The van der Waals surface area contributed by atoms with Crippen molar-refractivity contribution in [3.05, 3.63) is 76.2 Å². The van der Waals surface area contributed by atoms with Crippen LogP contribution in [0.3, 0.4) is 0 Å². The average Bonchev–Trinajstić information content (AvgIpc) is 3.04. The Bertz CT molecular complexity index is 1040. The van der Waals surface area contributed by atoms with Crippen molar-refractivity contribution in [3.8, 4) is 11.1 Å². The van der Waals surface area contributed by atoms with Gasteiger partial charge in [0, 0.05) is 16.0 Å². The highest BCUT2D eigenvalue weighted by Gasteiger charge is 2.25. The molecule has 1 aromatic heterocycles. The largest absolute Gasteiger partial charge is 0.462 e. The van der Waals surface area contributed by atoms with Gasteiger partial charge in [-0.25, -0.2) is 4.79 Å². The Morgan fingerprint density at radius 2 is 1.63 bits per heavy atom. The van der Waals surface area contributed by atoms with Gasteiger partial charge in [-0.1, -0.05) is 63.2 Å². The number of hydrogen-bond acceptors (Lipinski definition) is 4. The summed E-state index contributed by atoms with van der Waals surface area (Å²) in [6.45, 7) is 10.4. The van der Waals surface area contributed by atoms with Crippen molar-refractivity contribution in [2.75, 3.05) is 11.9 Å². The number of ether oxygens (including phenoxy) is 1. The Labute approximate surface area is 181 Å². The normalized spacial score (nSPS) is 11.2. The molecule has 4 nitrogen and oxygen atoms in total. The summed E-state index contributed by atoms with van der Waals surface area (Å²) in [5, 5.41) is 3.44. The predicted molar refractivity (Wildman–Crippen MR) is 124 cm³/mol. The van der Waals surface area contributed by atoms with Crippen LogP contribution in [0.25, 0.3) is 11.1 Å². The summed E-state index contributed by atoms with van der Waals surface area (Å²) in [5.41, 5.74) is 3.85. The Kier molecular flexibility index (Phi) is 6.42. The molecule has 0 unspecified atom stereocenters. The first-order chi connectivity index (χ1) is 14.2. The van der Waals surface area contributed by atoms with Crippen LogP contribution in [0.1, 0.15) is 58.9 Å². The zero-order valence-corrected chi connectivity index (χ0v) is 18.9. The Morgan fingerprint density at radius 1 is 1.00 bits per heavy atom. The van der Waals surface area contributed by atoms with Crippen LogP contribution in [0.4, 0.5) is 5.00 Å². The second-order valence-corrected chi connectivity index (χ2v) is 9.33. The summed E-state index contributed by atoms with van der Waals surface area (Å²) in [7, 11) is 0. The molecule has 0 saturated carbocycles. The zero-order valence-electron chi connectivity index (χ0n) is 18.0. The first kappa shape index (κ1) is 21.8. The molecule has 2 aromatic carbocycles. The van der Waals surface area contributed by atoms with E-state index in [1.807, 2.05) is 61.5 Å². The van der Waals surface area contributed by atoms with Crippen LogP contribution in [0.15, 0.2) is 54.6 Å². The highest BCUT2D eigenvalue weighted by atomic mass is 32.1. The molecule has 0 spiro atoms. The lowest BCUT2D eigenvalue weighted by Crippen LogP contribution is -2.16. The van der Waals surface area contributed by atoms with E-state index in [2.05, 4.69) is 26.1 Å². The second-order valence-electron chi connectivity index (χ2n) is 8.11. The molecule has 3 rings (SSSR count). The highest BCUT2D eigenvalue weighted by Crippen LogP contribution is 2.40. The maximum absolute atomic E-state index is 12.9. The van der Waals surface area contributed by atoms with E-state index in [-0.39, 0.29) is 17.9 Å². The van der Waals surface area contributed by atoms with Gasteiger partial charge in [-0.3, -0.25) is 4.79 Å². The van der Waals surface area contributed by atoms with E-state index in [0.29, 0.717) is 16.1 Å². The topological polar surface area (TPSA) is 55.4 Å². The van der Waals surface area contributed by atoms with Gasteiger partial charge in [-0.05, 0) is 42.5 Å². The van der Waals surface area contributed by atoms with Crippen molar-refractivity contribution in [3.63, 3.8) is 0 Å². The maximum atomic E-state index is 12.9. The van der Waals surface area contributed by atoms with Crippen LogP contribution >= 0.6 is 11.3 Å². The summed E-state index contributed by atoms with van der Waals surface area (Å²) in [6.07, 6.45) is 0. The molecular weight excluding hydrogens is 394 g/mol. The van der Waals surface area contributed by atoms with Crippen molar-refractivity contribution in [2.24, 2.45) is 0 Å². The maximum Gasteiger partial charge on any atom is 0.341 e. The Hall–Kier alpha value is -2.92. The third-order valence-electron chi connectivity index (χ3n) is 4.87. The molecule has 0 atom stereocenters. The number of hydrogen-bond donors (Lipinski definition) is 1. The molecule has 30 heavy (non-hydrogen) atoms. The van der Waals surface area contributed by atoms with Gasteiger partial charge in [-0.15, -0.1) is 11.3 Å². The Morgan fingerprint density at radius 3 is 2.20 bits per heavy atom. The quantitative estimate of drug-likeness (QED) is 0.482. The molecule has 1 amide bonds. The third kappa shape index (κ3) is 4.62. The smallest absolute Gasteiger partial charge is 0.341 e. The molecule has 156 valence electrons. The number of benzene rings is 2. The molecule has 0 aliphatic rings. The molecule has 0 bridgehead atoms. The molecule has 0 aliphatic heterocycles. The number of rotatable bonds is 5. The minimum absolute atomic E-state index is 0.0154. The monoisotopic (exact) mass is 421 g/mol. The van der Waals surface area contributed by atoms with Gasteiger partial charge in [0.05, 0.1) is 6.61 Å². The summed E-state index contributed by atoms with van der Waals surface area (Å²) < 4.78 is 5.30. The number of carbonyl (C=O) groups is 2. The lowest BCUT2D eigenvalue weighted by Gasteiger charge is -2.19. The zero-order chi connectivity index (χ0) is 21.9. The van der Waals surface area contributed by atoms with Crippen LogP contribution in [0.2, 0.25) is 0 Å². The summed E-state index contributed by atoms with van der Waals surface area (Å²) in [6, 6.07) is 17.3. The summed E-state index contributed by atoms with van der Waals surface area (Å²) in [5.74, 6) is -0.680. The average molecular weight is 422 g/mol. The van der Waals surface area contributed by atoms with Crippen LogP contribution in [-0.4, -0.2) is 18.5 Å². The van der Waals surface area contributed by atoms with Gasteiger partial charge in [-0.2, -0.15) is 0 Å². The van der Waals surface area contributed by atoms with Gasteiger partial charge in [0.25, 0.3) is 5.91 Å². The van der Waals surface area contributed by atoms with Crippen LogP contribution < -0.4 is 5.32 Å². The fraction of sp³-hybridized carbons (Fsp3) is 0.280. The SMILES string of the molecule is CCOC(=O)c1c(NC(=O)c2ccc(C(C)(C)C)cc2)sc(C)c1-c1ccccc1. The van der Waals surface area contributed by atoms with Gasteiger partial charge in [0.1, 0.15) is 10.6 Å². The molecule has 0 radical (unpaired) electrons. The van der Waals surface area contributed by atoms with Crippen molar-refractivity contribution < 1.29 is 14.3 Å². The van der Waals surface area contributed by atoms with Gasteiger partial charge in [0.2, 0.25) is 0 Å². The standard InChI is InChI=1S/C25H27NO3S/c1-6-29-24(28)21-20(17-10-8-7-9-11-17)16(2)30-23(21)26-22(27)18-12-14-19(15-13-18)25(3,4)5/h7-15H,6H2,1-5H3,(H,26,27). The third-order valence-corrected chi connectivity index (χ3v) is 5.89. The fourth-order valence-electron chi connectivity index (χ4n) is 3.28. The molecule has 3 aromatic rings. The molecule has 1 heterocycles. The second kappa shape index (κ2) is 8.84. The van der Waals surface area contributed by atoms with E-state index in [1.54, 1.807) is 6.92 Å². The van der Waals surface area contributed by atoms with Crippen molar-refractivity contribution >= 4 is 28.2 Å². The van der Waals surface area contributed by atoms with Gasteiger partial charge in [0.15, 0.2) is 0 Å². The number of thiophene rings is 1. The molecule has 5 heteroatoms. The van der Waals surface area contributed by atoms with Crippen LogP contribution in [0.5, 0.6) is 0 Å². The fourth-order valence-corrected chi connectivity index (χ4v) is 4.34.